The van der Waals surface area contributed by atoms with Crippen LogP contribution < -0.4 is 5.32 Å². The van der Waals surface area contributed by atoms with E-state index in [1.807, 2.05) is 0 Å². The Balaban J connectivity index is 2.10. The molecule has 0 aliphatic rings. The van der Waals surface area contributed by atoms with Crippen molar-refractivity contribution in [2.75, 3.05) is 12.3 Å². The lowest BCUT2D eigenvalue weighted by Crippen LogP contribution is -2.21. The van der Waals surface area contributed by atoms with Gasteiger partial charge < -0.3 is 5.32 Å². The molecule has 0 spiro atoms. The van der Waals surface area contributed by atoms with Crippen molar-refractivity contribution in [2.45, 2.75) is 18.5 Å². The third kappa shape index (κ3) is 3.73. The van der Waals surface area contributed by atoms with Crippen LogP contribution in [0.2, 0.25) is 0 Å². The maximum absolute atomic E-state index is 10.5. The fourth-order valence-corrected chi connectivity index (χ4v) is 1.63. The van der Waals surface area contributed by atoms with Crippen molar-refractivity contribution < 1.29 is 4.79 Å². The summed E-state index contributed by atoms with van der Waals surface area (Å²) >= 11 is 1.58. The molecular weight excluding hydrogens is 202 g/mol. The average Bonchev–Trinajstić information content (AvgIpc) is 2.51. The summed E-state index contributed by atoms with van der Waals surface area (Å²) in [6.07, 6.45) is 0.914. The standard InChI is InChI=1S/C7H13N5OS/c1-6(13)8-4-3-5-14-7-9-10-11-12(7)2/h3-5H2,1-2H3,(H,8,13). The van der Waals surface area contributed by atoms with Crippen LogP contribution in [-0.2, 0) is 11.8 Å². The molecule has 0 aliphatic heterocycles. The van der Waals surface area contributed by atoms with E-state index in [0.29, 0.717) is 6.54 Å². The van der Waals surface area contributed by atoms with E-state index in [1.165, 1.54) is 6.92 Å². The zero-order valence-corrected chi connectivity index (χ0v) is 9.04. The van der Waals surface area contributed by atoms with Crippen LogP contribution in [0.1, 0.15) is 13.3 Å². The van der Waals surface area contributed by atoms with E-state index in [0.717, 1.165) is 17.3 Å². The SMILES string of the molecule is CC(=O)NCCCSc1nnnn1C. The zero-order valence-electron chi connectivity index (χ0n) is 8.23. The minimum Gasteiger partial charge on any atom is -0.356 e. The minimum atomic E-state index is 0.00956. The summed E-state index contributed by atoms with van der Waals surface area (Å²) in [5, 5.41) is 14.6. The first-order valence-electron chi connectivity index (χ1n) is 4.29. The number of hydrogen-bond acceptors (Lipinski definition) is 5. The number of amides is 1. The van der Waals surface area contributed by atoms with Gasteiger partial charge in [0.2, 0.25) is 11.1 Å². The average molecular weight is 215 g/mol. The number of thioether (sulfide) groups is 1. The lowest BCUT2D eigenvalue weighted by atomic mass is 10.5. The number of carbonyl (C=O) groups excluding carboxylic acids is 1. The van der Waals surface area contributed by atoms with Gasteiger partial charge in [-0.1, -0.05) is 11.8 Å². The second kappa shape index (κ2) is 5.58. The first-order chi connectivity index (χ1) is 6.70. The van der Waals surface area contributed by atoms with E-state index >= 15 is 0 Å². The quantitative estimate of drug-likeness (QED) is 0.545. The van der Waals surface area contributed by atoms with Crippen molar-refractivity contribution in [1.29, 1.82) is 0 Å². The van der Waals surface area contributed by atoms with Crippen LogP contribution in [-0.4, -0.2) is 38.4 Å². The second-order valence-electron chi connectivity index (χ2n) is 2.77. The number of nitrogens with zero attached hydrogens (tertiary/aromatic N) is 4. The highest BCUT2D eigenvalue weighted by molar-refractivity contribution is 7.99. The van der Waals surface area contributed by atoms with E-state index in [1.54, 1.807) is 23.5 Å². The highest BCUT2D eigenvalue weighted by Gasteiger charge is 2.01. The van der Waals surface area contributed by atoms with Gasteiger partial charge in [-0.2, -0.15) is 0 Å². The maximum atomic E-state index is 10.5. The number of aromatic nitrogens is 4. The van der Waals surface area contributed by atoms with E-state index in [-0.39, 0.29) is 5.91 Å². The van der Waals surface area contributed by atoms with Gasteiger partial charge in [0, 0.05) is 26.3 Å². The van der Waals surface area contributed by atoms with E-state index < -0.39 is 0 Å². The molecule has 78 valence electrons. The van der Waals surface area contributed by atoms with Crippen molar-refractivity contribution in [1.82, 2.24) is 25.5 Å². The van der Waals surface area contributed by atoms with Gasteiger partial charge in [-0.3, -0.25) is 4.79 Å². The molecule has 0 radical (unpaired) electrons. The van der Waals surface area contributed by atoms with Gasteiger partial charge in [0.05, 0.1) is 0 Å². The van der Waals surface area contributed by atoms with E-state index in [2.05, 4.69) is 20.8 Å². The third-order valence-electron chi connectivity index (χ3n) is 1.51. The van der Waals surface area contributed by atoms with Crippen LogP contribution in [0.3, 0.4) is 0 Å². The number of hydrogen-bond donors (Lipinski definition) is 1. The Labute approximate surface area is 86.4 Å². The van der Waals surface area contributed by atoms with Crippen LogP contribution in [0.25, 0.3) is 0 Å². The maximum Gasteiger partial charge on any atom is 0.216 e. The summed E-state index contributed by atoms with van der Waals surface area (Å²) in [6.45, 7) is 2.22. The number of tetrazole rings is 1. The molecular formula is C7H13N5OS. The largest absolute Gasteiger partial charge is 0.356 e. The fraction of sp³-hybridized carbons (Fsp3) is 0.714. The molecule has 0 aliphatic carbocycles. The summed E-state index contributed by atoms with van der Waals surface area (Å²) in [6, 6.07) is 0. The van der Waals surface area contributed by atoms with Crippen molar-refractivity contribution in [3.05, 3.63) is 0 Å². The zero-order chi connectivity index (χ0) is 10.4. The highest BCUT2D eigenvalue weighted by Crippen LogP contribution is 2.12. The molecule has 1 heterocycles. The Morgan fingerprint density at radius 1 is 1.64 bits per heavy atom. The molecule has 0 fully saturated rings. The summed E-state index contributed by atoms with van der Waals surface area (Å²) in [5.74, 6) is 0.907. The summed E-state index contributed by atoms with van der Waals surface area (Å²) in [5.41, 5.74) is 0. The first-order valence-corrected chi connectivity index (χ1v) is 5.28. The molecule has 0 aromatic carbocycles. The monoisotopic (exact) mass is 215 g/mol. The van der Waals surface area contributed by atoms with Gasteiger partial charge in [-0.15, -0.1) is 5.10 Å². The van der Waals surface area contributed by atoms with Crippen molar-refractivity contribution >= 4 is 17.7 Å². The van der Waals surface area contributed by atoms with Gasteiger partial charge >= 0.3 is 0 Å². The van der Waals surface area contributed by atoms with Crippen LogP contribution in [0.4, 0.5) is 0 Å². The van der Waals surface area contributed by atoms with Gasteiger partial charge in [0.1, 0.15) is 0 Å². The van der Waals surface area contributed by atoms with Crippen LogP contribution >= 0.6 is 11.8 Å². The van der Waals surface area contributed by atoms with Crippen molar-refractivity contribution in [3.8, 4) is 0 Å². The molecule has 1 rings (SSSR count). The van der Waals surface area contributed by atoms with Gasteiger partial charge in [-0.25, -0.2) is 4.68 Å². The highest BCUT2D eigenvalue weighted by atomic mass is 32.2. The first kappa shape index (κ1) is 11.0. The Morgan fingerprint density at radius 2 is 2.43 bits per heavy atom. The smallest absolute Gasteiger partial charge is 0.216 e. The van der Waals surface area contributed by atoms with E-state index in [9.17, 15) is 4.79 Å². The van der Waals surface area contributed by atoms with Gasteiger partial charge in [0.15, 0.2) is 0 Å². The predicted octanol–water partition coefficient (Wildman–Crippen LogP) is -0.172. The minimum absolute atomic E-state index is 0.00956. The molecule has 7 heteroatoms. The number of aryl methyl sites for hydroxylation is 1. The lowest BCUT2D eigenvalue weighted by molar-refractivity contribution is -0.118. The van der Waals surface area contributed by atoms with Crippen LogP contribution in [0.5, 0.6) is 0 Å². The summed E-state index contributed by atoms with van der Waals surface area (Å²) in [7, 11) is 1.80. The van der Waals surface area contributed by atoms with Crippen LogP contribution in [0.15, 0.2) is 5.16 Å². The van der Waals surface area contributed by atoms with E-state index in [4.69, 9.17) is 0 Å². The molecule has 0 unspecified atom stereocenters. The molecule has 0 atom stereocenters. The van der Waals surface area contributed by atoms with Crippen molar-refractivity contribution in [3.63, 3.8) is 0 Å². The summed E-state index contributed by atoms with van der Waals surface area (Å²) < 4.78 is 1.63. The van der Waals surface area contributed by atoms with Gasteiger partial charge in [0.25, 0.3) is 0 Å². The number of carbonyl (C=O) groups is 1. The Hall–Kier alpha value is -1.11. The lowest BCUT2D eigenvalue weighted by Gasteiger charge is -2.00. The molecule has 0 saturated carbocycles. The fourth-order valence-electron chi connectivity index (χ4n) is 0.844. The van der Waals surface area contributed by atoms with Crippen molar-refractivity contribution in [2.24, 2.45) is 7.05 Å². The molecule has 1 aromatic rings. The Kier molecular flexibility index (Phi) is 4.37. The molecule has 0 saturated heterocycles. The normalized spacial score (nSPS) is 10.1. The third-order valence-corrected chi connectivity index (χ3v) is 2.60. The van der Waals surface area contributed by atoms with Crippen LogP contribution in [0, 0.1) is 0 Å². The molecule has 6 nitrogen and oxygen atoms in total. The molecule has 0 bridgehead atoms. The number of rotatable bonds is 5. The molecule has 14 heavy (non-hydrogen) atoms. The predicted molar refractivity (Wildman–Crippen MR) is 52.8 cm³/mol. The molecule has 1 N–H and O–H groups in total. The van der Waals surface area contributed by atoms with Gasteiger partial charge in [-0.05, 0) is 16.8 Å². The topological polar surface area (TPSA) is 72.7 Å². The Bertz CT molecular complexity index is 300. The number of nitrogens with one attached hydrogen (secondary N) is 1. The Morgan fingerprint density at radius 3 is 3.00 bits per heavy atom. The molecule has 1 amide bonds. The summed E-state index contributed by atoms with van der Waals surface area (Å²) in [4.78, 5) is 10.5. The molecule has 1 aromatic heterocycles. The second-order valence-corrected chi connectivity index (χ2v) is 3.83.